The van der Waals surface area contributed by atoms with Crippen molar-refractivity contribution in [2.75, 3.05) is 5.73 Å². The lowest BCUT2D eigenvalue weighted by atomic mass is 10.1. The van der Waals surface area contributed by atoms with E-state index in [0.29, 0.717) is 10.8 Å². The molecular weight excluding hydrogens is 319 g/mol. The number of alkyl halides is 3. The van der Waals surface area contributed by atoms with Gasteiger partial charge in [-0.3, -0.25) is 0 Å². The van der Waals surface area contributed by atoms with Crippen LogP contribution in [0.2, 0.25) is 5.02 Å². The highest BCUT2D eigenvalue weighted by Crippen LogP contribution is 2.35. The molecule has 0 aliphatic carbocycles. The second-order valence-corrected chi connectivity index (χ2v) is 5.89. The van der Waals surface area contributed by atoms with Crippen LogP contribution in [0.1, 0.15) is 16.7 Å². The molecule has 0 heterocycles. The van der Waals surface area contributed by atoms with E-state index in [1.165, 1.54) is 23.9 Å². The van der Waals surface area contributed by atoms with Crippen LogP contribution in [-0.2, 0) is 17.7 Å². The molecule has 112 valence electrons. The summed E-state index contributed by atoms with van der Waals surface area (Å²) in [4.78, 5) is 0. The zero-order chi connectivity index (χ0) is 15.5. The summed E-state index contributed by atoms with van der Waals surface area (Å²) < 4.78 is 38.9. The molecule has 0 spiro atoms. The van der Waals surface area contributed by atoms with Crippen LogP contribution in [0.15, 0.2) is 42.5 Å². The lowest BCUT2D eigenvalue weighted by Crippen LogP contribution is -2.09. The van der Waals surface area contributed by atoms with Crippen molar-refractivity contribution in [3.05, 3.63) is 64.2 Å². The Kier molecular flexibility index (Phi) is 5.06. The Morgan fingerprint density at radius 1 is 1.00 bits per heavy atom. The van der Waals surface area contributed by atoms with E-state index in [9.17, 15) is 13.2 Å². The quantitative estimate of drug-likeness (QED) is 0.762. The van der Waals surface area contributed by atoms with Crippen molar-refractivity contribution < 1.29 is 13.2 Å². The normalized spacial score (nSPS) is 11.6. The minimum atomic E-state index is -4.39. The van der Waals surface area contributed by atoms with E-state index < -0.39 is 11.7 Å². The molecular formula is C15H13ClF3NS. The van der Waals surface area contributed by atoms with E-state index >= 15 is 0 Å². The van der Waals surface area contributed by atoms with Crippen LogP contribution in [0.4, 0.5) is 18.9 Å². The van der Waals surface area contributed by atoms with Crippen LogP contribution in [0.5, 0.6) is 0 Å². The standard InChI is InChI=1S/C15H13ClF3NS/c16-14-4-2-1-3-11(14)9-21-8-10-5-6-12(20)7-13(10)15(17,18)19/h1-7H,8-9,20H2. The van der Waals surface area contributed by atoms with E-state index in [1.807, 2.05) is 18.2 Å². The summed E-state index contributed by atoms with van der Waals surface area (Å²) in [5.41, 5.74) is 6.02. The number of benzene rings is 2. The molecule has 0 saturated carbocycles. The first-order valence-electron chi connectivity index (χ1n) is 6.14. The fraction of sp³-hybridized carbons (Fsp3) is 0.200. The molecule has 0 amide bonds. The Balaban J connectivity index is 2.09. The SMILES string of the molecule is Nc1ccc(CSCc2ccccc2Cl)c(C(F)(F)F)c1. The largest absolute Gasteiger partial charge is 0.416 e. The molecule has 0 bridgehead atoms. The van der Waals surface area contributed by atoms with Crippen LogP contribution in [-0.4, -0.2) is 0 Å². The van der Waals surface area contributed by atoms with E-state index in [4.69, 9.17) is 17.3 Å². The van der Waals surface area contributed by atoms with Gasteiger partial charge in [0.25, 0.3) is 0 Å². The highest BCUT2D eigenvalue weighted by Gasteiger charge is 2.33. The molecule has 1 nitrogen and oxygen atoms in total. The molecule has 2 aromatic carbocycles. The molecule has 2 N–H and O–H groups in total. The number of nitrogen functional groups attached to an aromatic ring is 1. The zero-order valence-electron chi connectivity index (χ0n) is 11.0. The van der Waals surface area contributed by atoms with Crippen molar-refractivity contribution in [2.24, 2.45) is 0 Å². The summed E-state index contributed by atoms with van der Waals surface area (Å²) in [6, 6.07) is 11.2. The molecule has 2 aromatic rings. The van der Waals surface area contributed by atoms with Crippen molar-refractivity contribution in [2.45, 2.75) is 17.7 Å². The van der Waals surface area contributed by atoms with Gasteiger partial charge in [-0.2, -0.15) is 24.9 Å². The lowest BCUT2D eigenvalue weighted by molar-refractivity contribution is -0.138. The lowest BCUT2D eigenvalue weighted by Gasteiger charge is -2.13. The average Bonchev–Trinajstić information content (AvgIpc) is 2.41. The maximum absolute atomic E-state index is 13.0. The summed E-state index contributed by atoms with van der Waals surface area (Å²) in [6.45, 7) is 0. The number of hydrogen-bond donors (Lipinski definition) is 1. The molecule has 21 heavy (non-hydrogen) atoms. The summed E-state index contributed by atoms with van der Waals surface area (Å²) in [5, 5.41) is 0.623. The van der Waals surface area contributed by atoms with Gasteiger partial charge in [-0.25, -0.2) is 0 Å². The molecule has 0 aliphatic rings. The Morgan fingerprint density at radius 3 is 2.33 bits per heavy atom. The second-order valence-electron chi connectivity index (χ2n) is 4.50. The predicted molar refractivity (Wildman–Crippen MR) is 82.3 cm³/mol. The number of halogens is 4. The Hall–Kier alpha value is -1.33. The first-order chi connectivity index (χ1) is 9.88. The number of rotatable bonds is 4. The third kappa shape index (κ3) is 4.32. The summed E-state index contributed by atoms with van der Waals surface area (Å²) in [7, 11) is 0. The third-order valence-corrected chi connectivity index (χ3v) is 4.31. The fourth-order valence-corrected chi connectivity index (χ4v) is 3.20. The van der Waals surface area contributed by atoms with Gasteiger partial charge < -0.3 is 5.73 Å². The first kappa shape index (κ1) is 16.0. The summed E-state index contributed by atoms with van der Waals surface area (Å²) >= 11 is 7.41. The van der Waals surface area contributed by atoms with E-state index in [0.717, 1.165) is 11.6 Å². The maximum Gasteiger partial charge on any atom is 0.416 e. The van der Waals surface area contributed by atoms with Gasteiger partial charge in [-0.15, -0.1) is 0 Å². The zero-order valence-corrected chi connectivity index (χ0v) is 12.5. The highest BCUT2D eigenvalue weighted by atomic mass is 35.5. The maximum atomic E-state index is 13.0. The summed E-state index contributed by atoms with van der Waals surface area (Å²) in [5.74, 6) is 0.807. The van der Waals surface area contributed by atoms with Crippen LogP contribution in [0.25, 0.3) is 0 Å². The molecule has 0 unspecified atom stereocenters. The number of nitrogens with two attached hydrogens (primary N) is 1. The van der Waals surface area contributed by atoms with Gasteiger partial charge in [-0.1, -0.05) is 35.9 Å². The third-order valence-electron chi connectivity index (χ3n) is 2.91. The number of anilines is 1. The fourth-order valence-electron chi connectivity index (χ4n) is 1.87. The number of hydrogen-bond acceptors (Lipinski definition) is 2. The van der Waals surface area contributed by atoms with Gasteiger partial charge >= 0.3 is 6.18 Å². The van der Waals surface area contributed by atoms with Gasteiger partial charge in [0.2, 0.25) is 0 Å². The minimum Gasteiger partial charge on any atom is -0.399 e. The van der Waals surface area contributed by atoms with E-state index in [-0.39, 0.29) is 17.0 Å². The minimum absolute atomic E-state index is 0.113. The molecule has 0 aliphatic heterocycles. The molecule has 0 aromatic heterocycles. The summed E-state index contributed by atoms with van der Waals surface area (Å²) in [6.07, 6.45) is -4.39. The Morgan fingerprint density at radius 2 is 1.67 bits per heavy atom. The first-order valence-corrected chi connectivity index (χ1v) is 7.68. The van der Waals surface area contributed by atoms with Crippen molar-refractivity contribution in [1.29, 1.82) is 0 Å². The molecule has 0 radical (unpaired) electrons. The van der Waals surface area contributed by atoms with Crippen molar-refractivity contribution in [3.63, 3.8) is 0 Å². The Labute approximate surface area is 130 Å². The van der Waals surface area contributed by atoms with Crippen molar-refractivity contribution >= 4 is 29.1 Å². The average molecular weight is 332 g/mol. The van der Waals surface area contributed by atoms with Gasteiger partial charge in [-0.05, 0) is 29.3 Å². The smallest absolute Gasteiger partial charge is 0.399 e. The van der Waals surface area contributed by atoms with Gasteiger partial charge in [0, 0.05) is 22.2 Å². The van der Waals surface area contributed by atoms with Crippen LogP contribution in [0.3, 0.4) is 0 Å². The van der Waals surface area contributed by atoms with Crippen molar-refractivity contribution in [1.82, 2.24) is 0 Å². The van der Waals surface area contributed by atoms with Gasteiger partial charge in [0.05, 0.1) is 5.56 Å². The topological polar surface area (TPSA) is 26.0 Å². The van der Waals surface area contributed by atoms with Crippen molar-refractivity contribution in [3.8, 4) is 0 Å². The van der Waals surface area contributed by atoms with E-state index in [2.05, 4.69) is 0 Å². The van der Waals surface area contributed by atoms with Gasteiger partial charge in [0.15, 0.2) is 0 Å². The molecule has 2 rings (SSSR count). The molecule has 6 heteroatoms. The highest BCUT2D eigenvalue weighted by molar-refractivity contribution is 7.97. The van der Waals surface area contributed by atoms with Crippen LogP contribution >= 0.6 is 23.4 Å². The molecule has 0 fully saturated rings. The molecule has 0 saturated heterocycles. The van der Waals surface area contributed by atoms with Crippen LogP contribution < -0.4 is 5.73 Å². The van der Waals surface area contributed by atoms with E-state index in [1.54, 1.807) is 6.07 Å². The van der Waals surface area contributed by atoms with Gasteiger partial charge in [0.1, 0.15) is 0 Å². The monoisotopic (exact) mass is 331 g/mol. The predicted octanol–water partition coefficient (Wildman–Crippen LogP) is 5.37. The molecule has 0 atom stereocenters. The Bertz CT molecular complexity index is 629. The number of thioether (sulfide) groups is 1. The second kappa shape index (κ2) is 6.62. The van der Waals surface area contributed by atoms with Crippen LogP contribution in [0, 0.1) is 0 Å².